The van der Waals surface area contributed by atoms with Crippen molar-refractivity contribution in [3.8, 4) is 5.75 Å². The zero-order valence-electron chi connectivity index (χ0n) is 28.5. The van der Waals surface area contributed by atoms with Crippen LogP contribution >= 0.6 is 7.82 Å². The number of hydrogen-bond acceptors (Lipinski definition) is 9. The average molecular weight is 702 g/mol. The predicted molar refractivity (Wildman–Crippen MR) is 172 cm³/mol. The Balaban J connectivity index is 0. The minimum atomic E-state index is -5.39. The van der Waals surface area contributed by atoms with Gasteiger partial charge in [0.05, 0.1) is 11.7 Å². The Bertz CT molecular complexity index is 1350. The molecule has 1 aliphatic heterocycles. The summed E-state index contributed by atoms with van der Waals surface area (Å²) in [4.78, 5) is 36.7. The number of aromatic hydroxyl groups is 1. The predicted octanol–water partition coefficient (Wildman–Crippen LogP) is 0.743. The van der Waals surface area contributed by atoms with Crippen LogP contribution in [0.1, 0.15) is 107 Å². The Morgan fingerprint density at radius 3 is 2.04 bits per heavy atom. The van der Waals surface area contributed by atoms with E-state index in [1.165, 1.54) is 55.4 Å². The van der Waals surface area contributed by atoms with Crippen LogP contribution < -0.4 is 49.0 Å². The van der Waals surface area contributed by atoms with Gasteiger partial charge in [-0.1, -0.05) is 78.1 Å². The molecule has 1 fully saturated rings. The molecular weight excluding hydrogens is 653 g/mol. The van der Waals surface area contributed by atoms with Crippen molar-refractivity contribution in [2.45, 2.75) is 110 Å². The molecule has 10 nitrogen and oxygen atoms in total. The van der Waals surface area contributed by atoms with E-state index in [4.69, 9.17) is 19.2 Å². The number of nitrogens with one attached hydrogen (secondary N) is 1. The quantitative estimate of drug-likeness (QED) is 0.276. The molecule has 0 radical (unpaired) electrons. The number of hydrogen-bond donors (Lipinski definition) is 3. The molecule has 0 spiro atoms. The fraction of sp³-hybridized carbons (Fsp3) is 0.594. The maximum atomic E-state index is 11.1. The number of rotatable bonds is 7. The van der Waals surface area contributed by atoms with Gasteiger partial charge in [0.1, 0.15) is 10.6 Å². The first-order valence-electron chi connectivity index (χ1n) is 15.3. The molecule has 1 heterocycles. The fourth-order valence-electron chi connectivity index (χ4n) is 5.30. The maximum Gasteiger partial charge on any atom is 2.00 e. The second-order valence-electron chi connectivity index (χ2n) is 11.8. The van der Waals surface area contributed by atoms with Crippen molar-refractivity contribution in [2.75, 3.05) is 0 Å². The van der Waals surface area contributed by atoms with Crippen molar-refractivity contribution in [1.29, 1.82) is 0 Å². The molecule has 3 N–H and O–H groups in total. The third-order valence-electron chi connectivity index (χ3n) is 7.80. The molecule has 14 heteroatoms. The Hall–Kier alpha value is -0.504. The first-order valence-corrected chi connectivity index (χ1v) is 18.2. The summed E-state index contributed by atoms with van der Waals surface area (Å²) in [7, 11) is -8.94. The Kier molecular flexibility index (Phi) is 23.8. The second kappa shape index (κ2) is 23.0. The summed E-state index contributed by atoms with van der Waals surface area (Å²) >= 11 is 0. The van der Waals surface area contributed by atoms with Crippen molar-refractivity contribution >= 4 is 46.8 Å². The van der Waals surface area contributed by atoms with Crippen LogP contribution in [0.2, 0.25) is 0 Å². The molecule has 2 aliphatic rings. The number of carbonyl (C=O) groups is 1. The number of amides is 1. The summed E-state index contributed by atoms with van der Waals surface area (Å²) < 4.78 is 32.7. The molecule has 0 saturated heterocycles. The molecule has 3 atom stereocenters. The molecule has 1 aliphatic carbocycles. The number of phosphoric acid groups is 1. The smallest absolute Gasteiger partial charge is 0.822 e. The topological polar surface area (TPSA) is 190 Å². The van der Waals surface area contributed by atoms with Gasteiger partial charge in [0.2, 0.25) is 0 Å². The van der Waals surface area contributed by atoms with Crippen LogP contribution in [0.25, 0.3) is 0 Å². The first kappa shape index (κ1) is 47.6. The molecule has 2 aromatic rings. The van der Waals surface area contributed by atoms with Gasteiger partial charge in [-0.25, -0.2) is 13.1 Å². The summed E-state index contributed by atoms with van der Waals surface area (Å²) in [5, 5.41) is 19.8. The summed E-state index contributed by atoms with van der Waals surface area (Å²) in [5.41, 5.74) is 3.76. The standard InChI is InChI=1S/C15H24O.C10H20O.C7H5NO3S.Mg.Na.H3O4P/c1-4-6-8-13-11-10-12(3)15(16)14(13)9-7-5-2;1-7(2)9-5-4-8(3)6-10(9)11;9-7-5-3-1-2-4-6(5)12(10,11)8-7;;;1-5(2,3)4/h10-11,16H,4-9H2,1-3H3;7-11H,4-6H2,1-3H3;1-4H,(H,8,9);;;(H3,1,2,3,4)/q;;;+2;+1;/p-3. The van der Waals surface area contributed by atoms with Gasteiger partial charge in [-0.2, -0.15) is 7.82 Å². The van der Waals surface area contributed by atoms with Crippen LogP contribution in [0.3, 0.4) is 0 Å². The van der Waals surface area contributed by atoms with E-state index in [0.717, 1.165) is 37.2 Å². The van der Waals surface area contributed by atoms with Crippen LogP contribution in [0, 0.1) is 24.7 Å². The summed E-state index contributed by atoms with van der Waals surface area (Å²) in [6.07, 6.45) is 10.4. The van der Waals surface area contributed by atoms with Crippen molar-refractivity contribution < 1.29 is 72.2 Å². The number of aliphatic hydroxyl groups is 1. The number of fused-ring (bicyclic) bond motifs is 1. The first-order chi connectivity index (χ1) is 20.4. The second-order valence-corrected chi connectivity index (χ2v) is 14.4. The van der Waals surface area contributed by atoms with Crippen molar-refractivity contribution in [2.24, 2.45) is 17.8 Å². The largest absolute Gasteiger partial charge is 2.00 e. The number of aryl methyl sites for hydroxylation is 2. The summed E-state index contributed by atoms with van der Waals surface area (Å²) in [5.74, 6) is 1.93. The van der Waals surface area contributed by atoms with E-state index in [1.54, 1.807) is 12.1 Å². The maximum absolute atomic E-state index is 11.1. The molecule has 3 unspecified atom stereocenters. The van der Waals surface area contributed by atoms with Crippen LogP contribution in [0.5, 0.6) is 5.75 Å². The van der Waals surface area contributed by atoms with Crippen LogP contribution in [-0.4, -0.2) is 53.7 Å². The molecule has 4 rings (SSSR count). The fourth-order valence-corrected chi connectivity index (χ4v) is 6.47. The number of unbranched alkanes of at least 4 members (excludes halogenated alkanes) is 2. The molecule has 0 bridgehead atoms. The number of phenolic OH excluding ortho intramolecular Hbond substituents is 1. The van der Waals surface area contributed by atoms with Gasteiger partial charge in [0.25, 0.3) is 15.9 Å². The molecule has 0 aromatic heterocycles. The minimum Gasteiger partial charge on any atom is -0.822 e. The SMILES string of the molecule is CC1CCC(C(C)C)C(O)C1.CCCCc1ccc(C)c(O)c1CCCC.O=C1NS(=O)(=O)c2ccccc21.O=P([O-])([O-])[O-].[Mg+2].[Na+]. The van der Waals surface area contributed by atoms with Crippen molar-refractivity contribution in [3.05, 3.63) is 58.7 Å². The number of sulfonamides is 1. The molecule has 250 valence electrons. The zero-order valence-corrected chi connectivity index (χ0v) is 33.6. The van der Waals surface area contributed by atoms with E-state index < -0.39 is 23.8 Å². The van der Waals surface area contributed by atoms with Gasteiger partial charge in [0, 0.05) is 0 Å². The molecule has 2 aromatic carbocycles. The monoisotopic (exact) mass is 701 g/mol. The average Bonchev–Trinajstić information content (AvgIpc) is 3.16. The molecule has 1 amide bonds. The van der Waals surface area contributed by atoms with Gasteiger partial charge in [0.15, 0.2) is 0 Å². The van der Waals surface area contributed by atoms with Gasteiger partial charge in [-0.05, 0) is 92.0 Å². The van der Waals surface area contributed by atoms with Gasteiger partial charge >= 0.3 is 52.6 Å². The number of aliphatic hydroxyl groups excluding tert-OH is 1. The van der Waals surface area contributed by atoms with E-state index in [-0.39, 0.29) is 69.2 Å². The zero-order chi connectivity index (χ0) is 33.7. The van der Waals surface area contributed by atoms with Crippen molar-refractivity contribution in [3.63, 3.8) is 0 Å². The Morgan fingerprint density at radius 1 is 1.00 bits per heavy atom. The van der Waals surface area contributed by atoms with Gasteiger partial charge in [-0.15, -0.1) is 0 Å². The Morgan fingerprint density at radius 2 is 1.54 bits per heavy atom. The molecule has 46 heavy (non-hydrogen) atoms. The van der Waals surface area contributed by atoms with Crippen LogP contribution in [-0.2, 0) is 27.4 Å². The number of carbonyl (C=O) groups excluding carboxylic acids is 1. The summed E-state index contributed by atoms with van der Waals surface area (Å²) in [6.45, 7) is 13.0. The van der Waals surface area contributed by atoms with E-state index in [9.17, 15) is 23.4 Å². The van der Waals surface area contributed by atoms with E-state index >= 15 is 0 Å². The van der Waals surface area contributed by atoms with Crippen molar-refractivity contribution in [1.82, 2.24) is 4.72 Å². The van der Waals surface area contributed by atoms with Gasteiger partial charge in [-0.3, -0.25) is 4.79 Å². The molecule has 1 saturated carbocycles. The van der Waals surface area contributed by atoms with Crippen LogP contribution in [0.4, 0.5) is 0 Å². The number of phenols is 1. The normalized spacial score (nSPS) is 19.3. The van der Waals surface area contributed by atoms with Gasteiger partial charge < -0.3 is 29.5 Å². The minimum absolute atomic E-state index is 0. The molecular formula is C32H49MgNNaO9PS. The van der Waals surface area contributed by atoms with E-state index in [2.05, 4.69) is 40.7 Å². The summed E-state index contributed by atoms with van der Waals surface area (Å²) in [6, 6.07) is 10.3. The van der Waals surface area contributed by atoms with E-state index in [0.29, 0.717) is 17.6 Å². The number of benzene rings is 2. The Labute approximate surface area is 313 Å². The third-order valence-corrected chi connectivity index (χ3v) is 9.19. The third kappa shape index (κ3) is 17.2. The van der Waals surface area contributed by atoms with E-state index in [1.807, 2.05) is 17.7 Å². The van der Waals surface area contributed by atoms with Crippen LogP contribution in [0.15, 0.2) is 41.3 Å².